The van der Waals surface area contributed by atoms with Gasteiger partial charge >= 0.3 is 0 Å². The zero-order valence-corrected chi connectivity index (χ0v) is 11.2. The molecule has 0 atom stereocenters. The second-order valence-electron chi connectivity index (χ2n) is 5.45. The predicted molar refractivity (Wildman–Crippen MR) is 71.3 cm³/mol. The minimum Gasteiger partial charge on any atom is -0.379 e. The van der Waals surface area contributed by atoms with Gasteiger partial charge in [0.15, 0.2) is 0 Å². The Kier molecular flexibility index (Phi) is 3.85. The van der Waals surface area contributed by atoms with Crippen molar-refractivity contribution in [2.45, 2.75) is 45.3 Å². The molecule has 0 radical (unpaired) electrons. The van der Waals surface area contributed by atoms with Crippen LogP contribution >= 0.6 is 0 Å². The van der Waals surface area contributed by atoms with E-state index in [4.69, 9.17) is 4.74 Å². The fraction of sp³-hybridized carbons (Fsp3) is 0.600. The van der Waals surface area contributed by atoms with E-state index >= 15 is 0 Å². The van der Waals surface area contributed by atoms with Gasteiger partial charge in [-0.05, 0) is 56.3 Å². The minimum absolute atomic E-state index is 0.0230. The van der Waals surface area contributed by atoms with Crippen LogP contribution in [0.2, 0.25) is 0 Å². The van der Waals surface area contributed by atoms with E-state index in [0.717, 1.165) is 32.4 Å². The highest BCUT2D eigenvalue weighted by molar-refractivity contribution is 5.37. The second kappa shape index (κ2) is 5.19. The molecule has 0 saturated heterocycles. The molecule has 1 aromatic rings. The minimum atomic E-state index is -0.0230. The topological polar surface area (TPSA) is 21.3 Å². The number of nitrogens with one attached hydrogen (secondary N) is 1. The largest absolute Gasteiger partial charge is 0.379 e. The zero-order chi connectivity index (χ0) is 12.3. The normalized spacial score (nSPS) is 15.7. The van der Waals surface area contributed by atoms with Crippen LogP contribution in [0.3, 0.4) is 0 Å². The molecule has 0 aromatic heterocycles. The number of aryl methyl sites for hydroxylation is 1. The van der Waals surface area contributed by atoms with E-state index in [-0.39, 0.29) is 5.60 Å². The average Bonchev–Trinajstić information content (AvgIpc) is 2.36. The number of fused-ring (bicyclic) bond motifs is 1. The van der Waals surface area contributed by atoms with Crippen LogP contribution < -0.4 is 5.32 Å². The number of hydrogen-bond acceptors (Lipinski definition) is 2. The Morgan fingerprint density at radius 2 is 2.18 bits per heavy atom. The van der Waals surface area contributed by atoms with E-state index in [2.05, 4.69) is 37.4 Å². The maximum Gasteiger partial charge on any atom is 0.0625 e. The average molecular weight is 233 g/mol. The molecule has 2 rings (SSSR count). The second-order valence-corrected chi connectivity index (χ2v) is 5.45. The van der Waals surface area contributed by atoms with Crippen LogP contribution in [0.15, 0.2) is 18.2 Å². The van der Waals surface area contributed by atoms with Gasteiger partial charge in [0, 0.05) is 13.7 Å². The summed E-state index contributed by atoms with van der Waals surface area (Å²) < 4.78 is 5.49. The molecule has 1 heterocycles. The molecule has 0 amide bonds. The Hall–Kier alpha value is -0.860. The van der Waals surface area contributed by atoms with Crippen molar-refractivity contribution in [3.8, 4) is 0 Å². The molecule has 0 bridgehead atoms. The third kappa shape index (κ3) is 3.08. The Morgan fingerprint density at radius 1 is 1.35 bits per heavy atom. The van der Waals surface area contributed by atoms with Gasteiger partial charge in [-0.3, -0.25) is 0 Å². The molecule has 0 aliphatic carbocycles. The van der Waals surface area contributed by atoms with E-state index in [1.807, 2.05) is 0 Å². The van der Waals surface area contributed by atoms with Crippen LogP contribution in [0.4, 0.5) is 0 Å². The summed E-state index contributed by atoms with van der Waals surface area (Å²) in [6.07, 6.45) is 3.34. The molecule has 1 aliphatic heterocycles. The van der Waals surface area contributed by atoms with Gasteiger partial charge in [-0.1, -0.05) is 18.2 Å². The molecular weight excluding hydrogens is 210 g/mol. The number of benzene rings is 1. The Bertz CT molecular complexity index is 385. The molecule has 2 heteroatoms. The summed E-state index contributed by atoms with van der Waals surface area (Å²) in [5.74, 6) is 0. The number of hydrogen-bond donors (Lipinski definition) is 1. The summed E-state index contributed by atoms with van der Waals surface area (Å²) in [5.41, 5.74) is 4.51. The third-order valence-corrected chi connectivity index (χ3v) is 3.79. The molecule has 0 unspecified atom stereocenters. The summed E-state index contributed by atoms with van der Waals surface area (Å²) in [5, 5.41) is 3.46. The lowest BCUT2D eigenvalue weighted by molar-refractivity contribution is 0.0157. The van der Waals surface area contributed by atoms with Gasteiger partial charge in [-0.15, -0.1) is 0 Å². The lowest BCUT2D eigenvalue weighted by Crippen LogP contribution is -2.26. The molecule has 1 aromatic carbocycles. The lowest BCUT2D eigenvalue weighted by Gasteiger charge is -2.25. The zero-order valence-electron chi connectivity index (χ0n) is 11.2. The van der Waals surface area contributed by atoms with Crippen LogP contribution in [-0.2, 0) is 24.1 Å². The molecule has 1 aliphatic rings. The van der Waals surface area contributed by atoms with E-state index in [0.29, 0.717) is 0 Å². The van der Waals surface area contributed by atoms with Crippen molar-refractivity contribution in [2.24, 2.45) is 0 Å². The Balaban J connectivity index is 2.11. The monoisotopic (exact) mass is 233 g/mol. The van der Waals surface area contributed by atoms with Crippen LogP contribution in [-0.4, -0.2) is 19.3 Å². The van der Waals surface area contributed by atoms with E-state index in [9.17, 15) is 0 Å². The van der Waals surface area contributed by atoms with Crippen molar-refractivity contribution in [2.75, 3.05) is 13.7 Å². The summed E-state index contributed by atoms with van der Waals surface area (Å²) in [6.45, 7) is 6.44. The van der Waals surface area contributed by atoms with Crippen molar-refractivity contribution in [3.05, 3.63) is 34.9 Å². The molecular formula is C15H23NO. The van der Waals surface area contributed by atoms with Crippen LogP contribution in [0, 0.1) is 0 Å². The van der Waals surface area contributed by atoms with Gasteiger partial charge in [0.25, 0.3) is 0 Å². The number of ether oxygens (including phenoxy) is 1. The van der Waals surface area contributed by atoms with Crippen molar-refractivity contribution < 1.29 is 4.74 Å². The van der Waals surface area contributed by atoms with Crippen molar-refractivity contribution in [1.29, 1.82) is 0 Å². The highest BCUT2D eigenvalue weighted by Crippen LogP contribution is 2.23. The molecule has 2 nitrogen and oxygen atoms in total. The molecule has 17 heavy (non-hydrogen) atoms. The molecule has 0 saturated carbocycles. The summed E-state index contributed by atoms with van der Waals surface area (Å²) in [4.78, 5) is 0. The summed E-state index contributed by atoms with van der Waals surface area (Å²) in [6, 6.07) is 6.72. The van der Waals surface area contributed by atoms with Gasteiger partial charge in [0.1, 0.15) is 0 Å². The number of rotatable bonds is 4. The van der Waals surface area contributed by atoms with Crippen LogP contribution in [0.5, 0.6) is 0 Å². The van der Waals surface area contributed by atoms with Crippen molar-refractivity contribution in [3.63, 3.8) is 0 Å². The van der Waals surface area contributed by atoms with Crippen molar-refractivity contribution >= 4 is 0 Å². The van der Waals surface area contributed by atoms with Crippen LogP contribution in [0.1, 0.15) is 37.0 Å². The fourth-order valence-corrected chi connectivity index (χ4v) is 2.36. The van der Waals surface area contributed by atoms with E-state index in [1.54, 1.807) is 7.11 Å². The summed E-state index contributed by atoms with van der Waals surface area (Å²) >= 11 is 0. The fourth-order valence-electron chi connectivity index (χ4n) is 2.36. The van der Waals surface area contributed by atoms with Gasteiger partial charge in [-0.2, -0.15) is 0 Å². The van der Waals surface area contributed by atoms with E-state index in [1.165, 1.54) is 16.7 Å². The van der Waals surface area contributed by atoms with Crippen LogP contribution in [0.25, 0.3) is 0 Å². The lowest BCUT2D eigenvalue weighted by atomic mass is 9.91. The Labute approximate surface area is 104 Å². The molecule has 0 spiro atoms. The molecule has 1 N–H and O–H groups in total. The molecule has 0 fully saturated rings. The van der Waals surface area contributed by atoms with Crippen molar-refractivity contribution in [1.82, 2.24) is 5.32 Å². The van der Waals surface area contributed by atoms with Gasteiger partial charge < -0.3 is 10.1 Å². The highest BCUT2D eigenvalue weighted by atomic mass is 16.5. The maximum atomic E-state index is 5.49. The van der Waals surface area contributed by atoms with Gasteiger partial charge in [-0.25, -0.2) is 0 Å². The predicted octanol–water partition coefficient (Wildman–Crippen LogP) is 2.69. The highest BCUT2D eigenvalue weighted by Gasteiger charge is 2.18. The maximum absolute atomic E-state index is 5.49. The first kappa shape index (κ1) is 12.6. The van der Waals surface area contributed by atoms with Gasteiger partial charge in [0.05, 0.1) is 5.60 Å². The smallest absolute Gasteiger partial charge is 0.0625 e. The quantitative estimate of drug-likeness (QED) is 0.863. The SMILES string of the molecule is COC(C)(C)CCc1cccc2c1CNCC2. The van der Waals surface area contributed by atoms with E-state index < -0.39 is 0 Å². The van der Waals surface area contributed by atoms with Gasteiger partial charge in [0.2, 0.25) is 0 Å². The summed E-state index contributed by atoms with van der Waals surface area (Å²) in [7, 11) is 1.79. The molecule has 94 valence electrons. The number of methoxy groups -OCH3 is 1. The first-order chi connectivity index (χ1) is 8.12. The third-order valence-electron chi connectivity index (χ3n) is 3.79. The standard InChI is InChI=1S/C15H23NO/c1-15(2,17-3)9-7-12-5-4-6-13-8-10-16-11-14(12)13/h4-6,16H,7-11H2,1-3H3. The Morgan fingerprint density at radius 3 is 2.94 bits per heavy atom. The first-order valence-electron chi connectivity index (χ1n) is 6.48. The first-order valence-corrected chi connectivity index (χ1v) is 6.48.